The summed E-state index contributed by atoms with van der Waals surface area (Å²) >= 11 is 0. The second kappa shape index (κ2) is 11.4. The number of ketones is 1. The zero-order chi connectivity index (χ0) is 35.9. The third kappa shape index (κ3) is 4.76. The smallest absolute Gasteiger partial charge is 0.283 e. The van der Waals surface area contributed by atoms with Gasteiger partial charge in [0.1, 0.15) is 5.56 Å². The van der Waals surface area contributed by atoms with Crippen LogP contribution in [0.5, 0.6) is 0 Å². The van der Waals surface area contributed by atoms with E-state index in [2.05, 4.69) is 0 Å². The van der Waals surface area contributed by atoms with E-state index in [0.717, 1.165) is 0 Å². The van der Waals surface area contributed by atoms with Gasteiger partial charge >= 0.3 is 5.92 Å². The van der Waals surface area contributed by atoms with Crippen molar-refractivity contribution in [3.05, 3.63) is 133 Å². The molecule has 0 atom stereocenters. The Morgan fingerprint density at radius 1 is 0.340 bits per heavy atom. The second-order valence-electron chi connectivity index (χ2n) is 8.81. The number of carbonyl (C=O) groups is 1. The molecule has 1 nitrogen and oxygen atoms in total. The first-order chi connectivity index (χ1) is 21.5. The van der Waals surface area contributed by atoms with Gasteiger partial charge in [-0.15, -0.1) is 0 Å². The zero-order valence-corrected chi connectivity index (χ0v) is 21.0. The summed E-state index contributed by atoms with van der Waals surface area (Å²) in [4.78, 5) is 11.4. The van der Waals surface area contributed by atoms with Crippen LogP contribution in [-0.4, -0.2) is 5.78 Å². The van der Waals surface area contributed by atoms with Gasteiger partial charge in [0.25, 0.3) is 5.78 Å². The molecule has 0 fully saturated rings. The number of halogens is 20. The van der Waals surface area contributed by atoms with Crippen LogP contribution in [0.4, 0.5) is 87.8 Å². The number of rotatable bonds is 4. The minimum Gasteiger partial charge on any atom is -0.283 e. The highest BCUT2D eigenvalue weighted by molar-refractivity contribution is 6.10. The van der Waals surface area contributed by atoms with Crippen molar-refractivity contribution < 1.29 is 92.6 Å². The fraction of sp³-hybridized carbons (Fsp3) is 0.0385. The molecule has 250 valence electrons. The lowest BCUT2D eigenvalue weighted by molar-refractivity contribution is -0.115. The van der Waals surface area contributed by atoms with Gasteiger partial charge in [0, 0.05) is 11.1 Å². The van der Waals surface area contributed by atoms with Gasteiger partial charge in [-0.2, -0.15) is 17.6 Å². The molecule has 0 heterocycles. The molecule has 3 aromatic rings. The van der Waals surface area contributed by atoms with Crippen molar-refractivity contribution in [1.82, 2.24) is 0 Å². The van der Waals surface area contributed by atoms with Crippen LogP contribution in [-0.2, 0) is 10.7 Å². The van der Waals surface area contributed by atoms with E-state index in [1.54, 1.807) is 0 Å². The first-order valence-corrected chi connectivity index (χ1v) is 11.2. The molecular formula is C26F20O. The predicted molar refractivity (Wildman–Crippen MR) is 111 cm³/mol. The number of carbonyl (C=O) groups excluding carboxylic acids is 1. The quantitative estimate of drug-likeness (QED) is 0.150. The largest absolute Gasteiger partial charge is 0.307 e. The van der Waals surface area contributed by atoms with Gasteiger partial charge in [0.15, 0.2) is 81.5 Å². The lowest BCUT2D eigenvalue weighted by atomic mass is 9.82. The average Bonchev–Trinajstić information content (AvgIpc) is 3.02. The van der Waals surface area contributed by atoms with E-state index in [1.807, 2.05) is 0 Å². The summed E-state index contributed by atoms with van der Waals surface area (Å²) in [6.07, 6.45) is 0. The molecule has 0 N–H and O–H groups in total. The first-order valence-electron chi connectivity index (χ1n) is 11.2. The fourth-order valence-corrected chi connectivity index (χ4v) is 4.20. The van der Waals surface area contributed by atoms with Gasteiger partial charge in [-0.05, 0) is 0 Å². The Hall–Kier alpha value is -4.85. The van der Waals surface area contributed by atoms with Crippen molar-refractivity contribution in [2.45, 2.75) is 5.92 Å². The van der Waals surface area contributed by atoms with E-state index in [0.29, 0.717) is 0 Å². The highest BCUT2D eigenvalue weighted by Crippen LogP contribution is 2.51. The highest BCUT2D eigenvalue weighted by atomic mass is 19.3. The minimum atomic E-state index is -6.66. The molecule has 0 aliphatic heterocycles. The summed E-state index contributed by atoms with van der Waals surface area (Å²) < 4.78 is 291. The first kappa shape index (κ1) is 35.0. The molecule has 3 aromatic carbocycles. The summed E-state index contributed by atoms with van der Waals surface area (Å²) in [6.45, 7) is 0. The molecule has 0 bridgehead atoms. The van der Waals surface area contributed by atoms with Crippen molar-refractivity contribution in [2.24, 2.45) is 0 Å². The maximum absolute atomic E-state index is 15.7. The Kier molecular flexibility index (Phi) is 8.52. The molecule has 4 rings (SSSR count). The Bertz CT molecular complexity index is 1970. The van der Waals surface area contributed by atoms with E-state index < -0.39 is 150 Å². The maximum atomic E-state index is 15.7. The van der Waals surface area contributed by atoms with Crippen LogP contribution in [0, 0.1) is 81.4 Å². The number of benzene rings is 3. The maximum Gasteiger partial charge on any atom is 0.307 e. The van der Waals surface area contributed by atoms with Gasteiger partial charge in [-0.3, -0.25) is 4.79 Å². The predicted octanol–water partition coefficient (Wildman–Crippen LogP) is 9.46. The number of hydrogen-bond donors (Lipinski definition) is 0. The number of alkyl halides is 2. The molecule has 0 saturated carbocycles. The van der Waals surface area contributed by atoms with Crippen LogP contribution < -0.4 is 0 Å². The van der Waals surface area contributed by atoms with Crippen LogP contribution in [0.2, 0.25) is 0 Å². The SMILES string of the molecule is O=C1C(F)=C(F)C(=C(c2c(F)c(F)c(F)c(F)c2F)c2c(F)c(F)c(F)c(F)c2C(F)(F)c2c(F)c(F)c(F)c(F)c2F)C(F)=C1F. The molecule has 0 saturated heterocycles. The molecule has 0 unspecified atom stereocenters. The third-order valence-corrected chi connectivity index (χ3v) is 6.29. The standard InChI is InChI=1S/C26F20O/c27-7-2(5(12(32)18(38)15(7)35)26(45,46)6-13(33)19(39)22(42)20(40)14(6)34)1(3-8(28)16(36)21(41)17(37)9(3)29)4-10(30)23(43)25(47)24(44)11(4)31. The van der Waals surface area contributed by atoms with Crippen LogP contribution >= 0.6 is 0 Å². The molecule has 47 heavy (non-hydrogen) atoms. The van der Waals surface area contributed by atoms with Crippen LogP contribution in [0.1, 0.15) is 22.3 Å². The van der Waals surface area contributed by atoms with Crippen molar-refractivity contribution >= 4 is 11.4 Å². The van der Waals surface area contributed by atoms with E-state index in [-0.39, 0.29) is 0 Å². The summed E-state index contributed by atoms with van der Waals surface area (Å²) in [5, 5.41) is 0. The van der Waals surface area contributed by atoms with Gasteiger partial charge < -0.3 is 0 Å². The van der Waals surface area contributed by atoms with Crippen LogP contribution in [0.15, 0.2) is 28.9 Å². The van der Waals surface area contributed by atoms with Gasteiger partial charge in [-0.25, -0.2) is 70.2 Å². The van der Waals surface area contributed by atoms with Crippen molar-refractivity contribution in [3.8, 4) is 0 Å². The van der Waals surface area contributed by atoms with Crippen LogP contribution in [0.3, 0.4) is 0 Å². The Morgan fingerprint density at radius 2 is 0.617 bits per heavy atom. The molecule has 1 aliphatic rings. The average molecular weight is 708 g/mol. The molecule has 21 heteroatoms. The second-order valence-corrected chi connectivity index (χ2v) is 8.81. The van der Waals surface area contributed by atoms with Crippen molar-refractivity contribution in [1.29, 1.82) is 0 Å². The summed E-state index contributed by atoms with van der Waals surface area (Å²) in [5.74, 6) is -71.7. The molecule has 1 aliphatic carbocycles. The molecule has 0 spiro atoms. The van der Waals surface area contributed by atoms with Gasteiger partial charge in [0.05, 0.1) is 16.7 Å². The lowest BCUT2D eigenvalue weighted by Crippen LogP contribution is -2.28. The third-order valence-electron chi connectivity index (χ3n) is 6.29. The van der Waals surface area contributed by atoms with E-state index in [4.69, 9.17) is 0 Å². The Balaban J connectivity index is 2.46. The number of Topliss-reactive ketones (excluding diaryl/α,β-unsaturated/α-hetero) is 1. The normalized spacial score (nSPS) is 14.2. The molecular weight excluding hydrogens is 708 g/mol. The lowest BCUT2D eigenvalue weighted by Gasteiger charge is -2.26. The van der Waals surface area contributed by atoms with E-state index in [1.165, 1.54) is 0 Å². The molecule has 0 aromatic heterocycles. The minimum absolute atomic E-state index is 2.98. The fourth-order valence-electron chi connectivity index (χ4n) is 4.20. The topological polar surface area (TPSA) is 17.1 Å². The Labute approximate surface area is 243 Å². The summed E-state index contributed by atoms with van der Waals surface area (Å²) in [6, 6.07) is 0. The van der Waals surface area contributed by atoms with E-state index in [9.17, 15) is 75.0 Å². The summed E-state index contributed by atoms with van der Waals surface area (Å²) in [7, 11) is 0. The van der Waals surface area contributed by atoms with Crippen molar-refractivity contribution in [3.63, 3.8) is 0 Å². The van der Waals surface area contributed by atoms with Gasteiger partial charge in [-0.1, -0.05) is 0 Å². The van der Waals surface area contributed by atoms with Crippen LogP contribution in [0.25, 0.3) is 5.57 Å². The Morgan fingerprint density at radius 3 is 0.979 bits per heavy atom. The molecule has 0 amide bonds. The highest BCUT2D eigenvalue weighted by Gasteiger charge is 2.51. The summed E-state index contributed by atoms with van der Waals surface area (Å²) in [5.41, 5.74) is -20.7. The monoisotopic (exact) mass is 708 g/mol. The molecule has 0 radical (unpaired) electrons. The van der Waals surface area contributed by atoms with Gasteiger partial charge in [0.2, 0.25) is 23.3 Å². The number of hydrogen-bond acceptors (Lipinski definition) is 1. The van der Waals surface area contributed by atoms with Crippen molar-refractivity contribution in [2.75, 3.05) is 0 Å². The number of allylic oxidation sites excluding steroid dienone is 5. The van der Waals surface area contributed by atoms with E-state index >= 15 is 17.6 Å². The zero-order valence-electron chi connectivity index (χ0n) is 21.0.